The molecule has 0 radical (unpaired) electrons. The fourth-order valence-electron chi connectivity index (χ4n) is 9.19. The van der Waals surface area contributed by atoms with E-state index in [9.17, 15) is 29.1 Å². The van der Waals surface area contributed by atoms with Gasteiger partial charge in [-0.2, -0.15) is 0 Å². The molecule has 0 bridgehead atoms. The summed E-state index contributed by atoms with van der Waals surface area (Å²) in [7, 11) is 0. The second-order valence-corrected chi connectivity index (χ2v) is 19.3. The van der Waals surface area contributed by atoms with Crippen molar-refractivity contribution in [2.24, 2.45) is 0 Å². The molecule has 0 saturated carbocycles. The second-order valence-electron chi connectivity index (χ2n) is 19.3. The van der Waals surface area contributed by atoms with Crippen LogP contribution < -0.4 is 10.6 Å². The standard InChI is InChI=1S/C48H64F2N6O10/c1-11-37(53-45(61)65-47(5,6)7)43(59)55-23-31(63-25(3)57)19-29(55)21-35-33-15-13-27(49)17-39(33)51-41(35)42-36(34-16-14-28(50)18-40(34)52-42)22-30-20-32(64-26(4)58)24-56(30)44(60)38(12-2)54-46(62)66-48(8,9)10/h13-18,29-32,37-38,45,51-53,61H,11-12,19-24H2,1-10H3,(H,54,62)/t29-,30-,31?,32-,37-,38-,45?/m0/s1. The van der Waals surface area contributed by atoms with Crippen LogP contribution in [0.25, 0.3) is 33.2 Å². The number of hydrogen-bond acceptors (Lipinski definition) is 11. The molecule has 2 aliphatic heterocycles. The average Bonchev–Trinajstić information content (AvgIpc) is 3.96. The third kappa shape index (κ3) is 12.0. The quantitative estimate of drug-likeness (QED) is 0.0494. The third-order valence-electron chi connectivity index (χ3n) is 11.8. The molecule has 2 unspecified atom stereocenters. The Balaban J connectivity index is 1.43. The molecule has 2 aromatic heterocycles. The molecule has 2 aromatic carbocycles. The molecule has 4 aromatic rings. The van der Waals surface area contributed by atoms with Crippen LogP contribution in [0.4, 0.5) is 13.6 Å². The molecular weight excluding hydrogens is 859 g/mol. The Kier molecular flexibility index (Phi) is 15.2. The van der Waals surface area contributed by atoms with E-state index >= 15 is 8.78 Å². The Labute approximate surface area is 383 Å². The van der Waals surface area contributed by atoms with Crippen molar-refractivity contribution in [2.75, 3.05) is 13.1 Å². The first-order valence-corrected chi connectivity index (χ1v) is 22.6. The number of hydrogen-bond donors (Lipinski definition) is 5. The Hall–Kier alpha value is -5.59. The van der Waals surface area contributed by atoms with E-state index in [2.05, 4.69) is 20.6 Å². The molecule has 4 heterocycles. The minimum atomic E-state index is -1.45. The average molecular weight is 923 g/mol. The van der Waals surface area contributed by atoms with Gasteiger partial charge in [0.1, 0.15) is 35.5 Å². The second kappa shape index (κ2) is 20.1. The Morgan fingerprint density at radius 2 is 1.17 bits per heavy atom. The number of H-pyrrole nitrogens is 2. The molecule has 5 N–H and O–H groups in total. The lowest BCUT2D eigenvalue weighted by molar-refractivity contribution is -0.188. The molecule has 6 rings (SSSR count). The lowest BCUT2D eigenvalue weighted by Gasteiger charge is -2.31. The SMILES string of the molecule is CC[C@H](NC(=O)OC(C)(C)C)C(=O)N1C[C@@H](OC(C)=O)C[C@H]1Cc1c(-c2[nH]c3cc(F)ccc3c2C[C@@H]2CC(OC(C)=O)CN2C(=O)[C@H](CC)NC(O)OC(C)(C)C)[nH]c2cc(F)ccc12. The largest absolute Gasteiger partial charge is 0.461 e. The van der Waals surface area contributed by atoms with Crippen molar-refractivity contribution in [2.45, 2.75) is 162 Å². The molecule has 16 nitrogen and oxygen atoms in total. The fraction of sp³-hybridized carbons (Fsp3) is 0.562. The predicted molar refractivity (Wildman–Crippen MR) is 242 cm³/mol. The highest BCUT2D eigenvalue weighted by atomic mass is 19.1. The number of likely N-dealkylation sites (tertiary alicyclic amines) is 2. The summed E-state index contributed by atoms with van der Waals surface area (Å²) in [5.41, 5.74) is 1.78. The number of carbonyl (C=O) groups excluding carboxylic acids is 5. The summed E-state index contributed by atoms with van der Waals surface area (Å²) in [6.45, 7) is 16.8. The first-order chi connectivity index (χ1) is 30.9. The van der Waals surface area contributed by atoms with E-state index in [1.54, 1.807) is 77.3 Å². The molecule has 18 heteroatoms. The van der Waals surface area contributed by atoms with Crippen molar-refractivity contribution in [3.8, 4) is 11.4 Å². The number of alkyl carbamates (subject to hydrolysis) is 1. The molecule has 0 aliphatic carbocycles. The summed E-state index contributed by atoms with van der Waals surface area (Å²) in [6, 6.07) is 5.72. The lowest BCUT2D eigenvalue weighted by Crippen LogP contribution is -2.53. The minimum absolute atomic E-state index is 0.0564. The van der Waals surface area contributed by atoms with Crippen LogP contribution in [0.5, 0.6) is 0 Å². The van der Waals surface area contributed by atoms with Gasteiger partial charge in [-0.15, -0.1) is 0 Å². The Bertz CT molecular complexity index is 2440. The van der Waals surface area contributed by atoms with Crippen molar-refractivity contribution in [1.82, 2.24) is 30.4 Å². The maximum atomic E-state index is 15.0. The highest BCUT2D eigenvalue weighted by Gasteiger charge is 2.43. The molecule has 2 saturated heterocycles. The van der Waals surface area contributed by atoms with Crippen molar-refractivity contribution < 1.29 is 56.8 Å². The number of aromatic nitrogens is 2. The smallest absolute Gasteiger partial charge is 0.408 e. The van der Waals surface area contributed by atoms with Crippen LogP contribution in [0.1, 0.15) is 106 Å². The zero-order valence-corrected chi connectivity index (χ0v) is 39.4. The maximum absolute atomic E-state index is 15.0. The van der Waals surface area contributed by atoms with E-state index < -0.39 is 89.6 Å². The van der Waals surface area contributed by atoms with E-state index in [0.29, 0.717) is 50.7 Å². The molecule has 66 heavy (non-hydrogen) atoms. The highest BCUT2D eigenvalue weighted by molar-refractivity contribution is 5.96. The number of aliphatic hydroxyl groups is 1. The van der Waals surface area contributed by atoms with Crippen LogP contribution in [0.15, 0.2) is 36.4 Å². The first kappa shape index (κ1) is 49.8. The van der Waals surface area contributed by atoms with Crippen molar-refractivity contribution >= 4 is 51.7 Å². The lowest BCUT2D eigenvalue weighted by atomic mass is 9.94. The number of amides is 3. The number of ether oxygens (including phenoxy) is 4. The summed E-state index contributed by atoms with van der Waals surface area (Å²) >= 11 is 0. The topological polar surface area (TPSA) is 205 Å². The van der Waals surface area contributed by atoms with Gasteiger partial charge >= 0.3 is 18.0 Å². The van der Waals surface area contributed by atoms with Gasteiger partial charge in [0.05, 0.1) is 36.1 Å². The Morgan fingerprint density at radius 3 is 1.56 bits per heavy atom. The predicted octanol–water partition coefficient (Wildman–Crippen LogP) is 6.51. The third-order valence-corrected chi connectivity index (χ3v) is 11.8. The van der Waals surface area contributed by atoms with Gasteiger partial charge in [-0.05, 0) is 115 Å². The van der Waals surface area contributed by atoms with Crippen LogP contribution in [0.2, 0.25) is 0 Å². The molecular formula is C48H64F2N6O10. The van der Waals surface area contributed by atoms with Crippen molar-refractivity contribution in [3.63, 3.8) is 0 Å². The van der Waals surface area contributed by atoms with Crippen LogP contribution in [0.3, 0.4) is 0 Å². The molecule has 2 aliphatic rings. The summed E-state index contributed by atoms with van der Waals surface area (Å²) in [5.74, 6) is -2.77. The van der Waals surface area contributed by atoms with Crippen LogP contribution in [0, 0.1) is 11.6 Å². The fourth-order valence-corrected chi connectivity index (χ4v) is 9.19. The van der Waals surface area contributed by atoms with E-state index in [1.165, 1.54) is 38.1 Å². The number of aliphatic hydroxyl groups excluding tert-OH is 1. The number of fused-ring (bicyclic) bond motifs is 2. The first-order valence-electron chi connectivity index (χ1n) is 22.6. The van der Waals surface area contributed by atoms with Gasteiger partial charge in [-0.3, -0.25) is 24.5 Å². The highest BCUT2D eigenvalue weighted by Crippen LogP contribution is 2.40. The van der Waals surface area contributed by atoms with E-state index in [-0.39, 0.29) is 51.1 Å². The summed E-state index contributed by atoms with van der Waals surface area (Å²) < 4.78 is 52.5. The number of rotatable bonds is 15. The number of aromatic amines is 2. The zero-order valence-electron chi connectivity index (χ0n) is 39.4. The van der Waals surface area contributed by atoms with Crippen LogP contribution >= 0.6 is 0 Å². The van der Waals surface area contributed by atoms with E-state index in [1.807, 2.05) is 0 Å². The van der Waals surface area contributed by atoms with Crippen LogP contribution in [-0.2, 0) is 51.0 Å². The van der Waals surface area contributed by atoms with Gasteiger partial charge < -0.3 is 49.1 Å². The van der Waals surface area contributed by atoms with Crippen LogP contribution in [-0.4, -0.2) is 122 Å². The zero-order chi connectivity index (χ0) is 48.4. The normalized spacial score (nSPS) is 20.4. The van der Waals surface area contributed by atoms with Crippen molar-refractivity contribution in [3.05, 3.63) is 59.2 Å². The van der Waals surface area contributed by atoms with E-state index in [0.717, 1.165) is 0 Å². The number of nitrogens with zero attached hydrogens (tertiary/aromatic N) is 2. The van der Waals surface area contributed by atoms with E-state index in [4.69, 9.17) is 18.9 Å². The van der Waals surface area contributed by atoms with Gasteiger partial charge in [-0.1, -0.05) is 13.8 Å². The number of benzene rings is 2. The number of nitrogens with one attached hydrogen (secondary N) is 4. The Morgan fingerprint density at radius 1 is 0.727 bits per heavy atom. The number of carbonyl (C=O) groups is 5. The summed E-state index contributed by atoms with van der Waals surface area (Å²) in [4.78, 5) is 76.3. The summed E-state index contributed by atoms with van der Waals surface area (Å²) in [5, 5.41) is 17.6. The van der Waals surface area contributed by atoms with Gasteiger partial charge in [0.25, 0.3) is 0 Å². The molecule has 0 spiro atoms. The van der Waals surface area contributed by atoms with Gasteiger partial charge in [0.2, 0.25) is 18.2 Å². The number of esters is 2. The molecule has 3 amide bonds. The molecule has 7 atom stereocenters. The molecule has 360 valence electrons. The van der Waals surface area contributed by atoms with Gasteiger partial charge in [-0.25, -0.2) is 13.6 Å². The maximum Gasteiger partial charge on any atom is 0.408 e. The number of halogens is 2. The summed E-state index contributed by atoms with van der Waals surface area (Å²) in [6.07, 6.45) is -2.06. The molecule has 2 fully saturated rings. The minimum Gasteiger partial charge on any atom is -0.461 e. The van der Waals surface area contributed by atoms with Gasteiger partial charge in [0, 0.05) is 60.6 Å². The monoisotopic (exact) mass is 922 g/mol. The van der Waals surface area contributed by atoms with Crippen molar-refractivity contribution in [1.29, 1.82) is 0 Å². The van der Waals surface area contributed by atoms with Gasteiger partial charge in [0.15, 0.2) is 0 Å².